The third-order valence-electron chi connectivity index (χ3n) is 4.42. The van der Waals surface area contributed by atoms with Crippen molar-refractivity contribution in [2.24, 2.45) is 10.1 Å². The maximum absolute atomic E-state index is 6.44. The average molecular weight is 390 g/mol. The van der Waals surface area contributed by atoms with Gasteiger partial charge in [-0.3, -0.25) is 0 Å². The van der Waals surface area contributed by atoms with Gasteiger partial charge < -0.3 is 9.74 Å². The Morgan fingerprint density at radius 3 is 2.77 bits per heavy atom. The third kappa shape index (κ3) is 4.02. The van der Waals surface area contributed by atoms with E-state index in [1.807, 2.05) is 55.3 Å². The van der Waals surface area contributed by atoms with Gasteiger partial charge in [-0.25, -0.2) is 4.99 Å². The summed E-state index contributed by atoms with van der Waals surface area (Å²) in [4.78, 5) is 12.1. The Morgan fingerprint density at radius 1 is 1.27 bits per heavy atom. The van der Waals surface area contributed by atoms with Crippen LogP contribution in [-0.2, 0) is 4.84 Å². The van der Waals surface area contributed by atoms with Crippen molar-refractivity contribution >= 4 is 40.9 Å². The van der Waals surface area contributed by atoms with Gasteiger partial charge >= 0.3 is 0 Å². The summed E-state index contributed by atoms with van der Waals surface area (Å²) < 4.78 is 0. The van der Waals surface area contributed by atoms with Crippen LogP contribution in [-0.4, -0.2) is 30.5 Å². The van der Waals surface area contributed by atoms with E-state index in [9.17, 15) is 0 Å². The summed E-state index contributed by atoms with van der Waals surface area (Å²) in [6, 6.07) is 11.6. The van der Waals surface area contributed by atoms with Crippen LogP contribution in [0.2, 0.25) is 10.0 Å². The van der Waals surface area contributed by atoms with E-state index >= 15 is 0 Å². The standard InChI is InChI=1S/C20H21Cl2N3O/c1-4-25(3)12-23-19-9-13(2)15(10-17(19)22)18-11-20(26-24-18)14-7-5-6-8-16(14)21/h5-10,12,20H,4,11H2,1-3H3. The number of nitrogens with zero attached hydrogens (tertiary/aromatic N) is 3. The fraction of sp³-hybridized carbons (Fsp3) is 0.300. The number of aryl methyl sites for hydroxylation is 1. The Labute approximate surface area is 164 Å². The molecule has 1 atom stereocenters. The summed E-state index contributed by atoms with van der Waals surface area (Å²) in [5, 5.41) is 5.56. The first-order valence-corrected chi connectivity index (χ1v) is 9.27. The predicted molar refractivity (Wildman–Crippen MR) is 109 cm³/mol. The highest BCUT2D eigenvalue weighted by Gasteiger charge is 2.26. The van der Waals surface area contributed by atoms with Crippen molar-refractivity contribution in [3.05, 3.63) is 63.1 Å². The molecule has 0 bridgehead atoms. The maximum atomic E-state index is 6.44. The molecule has 26 heavy (non-hydrogen) atoms. The van der Waals surface area contributed by atoms with Crippen molar-refractivity contribution in [3.8, 4) is 0 Å². The molecule has 0 saturated carbocycles. The van der Waals surface area contributed by atoms with Gasteiger partial charge in [0.2, 0.25) is 0 Å². The molecule has 1 unspecified atom stereocenters. The van der Waals surface area contributed by atoms with Crippen molar-refractivity contribution in [1.82, 2.24) is 4.90 Å². The van der Waals surface area contributed by atoms with Crippen molar-refractivity contribution in [2.45, 2.75) is 26.4 Å². The highest BCUT2D eigenvalue weighted by molar-refractivity contribution is 6.33. The van der Waals surface area contributed by atoms with Gasteiger partial charge in [0.1, 0.15) is 0 Å². The normalized spacial score (nSPS) is 16.7. The lowest BCUT2D eigenvalue weighted by Crippen LogP contribution is -2.14. The summed E-state index contributed by atoms with van der Waals surface area (Å²) >= 11 is 12.7. The molecular weight excluding hydrogens is 369 g/mol. The highest BCUT2D eigenvalue weighted by atomic mass is 35.5. The number of aliphatic imine (C=N–C) groups is 1. The van der Waals surface area contributed by atoms with Gasteiger partial charge in [-0.1, -0.05) is 46.6 Å². The molecular formula is C20H21Cl2N3O. The van der Waals surface area contributed by atoms with E-state index in [2.05, 4.69) is 17.1 Å². The molecule has 3 rings (SSSR count). The van der Waals surface area contributed by atoms with Crippen LogP contribution in [0.15, 0.2) is 46.5 Å². The Bertz CT molecular complexity index is 864. The molecule has 1 aliphatic heterocycles. The topological polar surface area (TPSA) is 37.2 Å². The molecule has 2 aromatic carbocycles. The monoisotopic (exact) mass is 389 g/mol. The van der Waals surface area contributed by atoms with Crippen LogP contribution >= 0.6 is 23.2 Å². The smallest absolute Gasteiger partial charge is 0.159 e. The van der Waals surface area contributed by atoms with Crippen LogP contribution in [0.5, 0.6) is 0 Å². The van der Waals surface area contributed by atoms with Crippen LogP contribution in [0.3, 0.4) is 0 Å². The second-order valence-corrected chi connectivity index (χ2v) is 7.11. The van der Waals surface area contributed by atoms with E-state index in [1.165, 1.54) is 0 Å². The highest BCUT2D eigenvalue weighted by Crippen LogP contribution is 2.36. The van der Waals surface area contributed by atoms with Crippen LogP contribution in [0, 0.1) is 6.92 Å². The second-order valence-electron chi connectivity index (χ2n) is 6.29. The van der Waals surface area contributed by atoms with Gasteiger partial charge in [0, 0.05) is 36.2 Å². The van der Waals surface area contributed by atoms with Crippen molar-refractivity contribution in [1.29, 1.82) is 0 Å². The fourth-order valence-corrected chi connectivity index (χ4v) is 3.23. The molecule has 2 aromatic rings. The van der Waals surface area contributed by atoms with E-state index in [1.54, 1.807) is 6.34 Å². The summed E-state index contributed by atoms with van der Waals surface area (Å²) in [5.74, 6) is 0. The second kappa shape index (κ2) is 8.11. The molecule has 0 fully saturated rings. The quantitative estimate of drug-likeness (QED) is 0.479. The van der Waals surface area contributed by atoms with Crippen molar-refractivity contribution in [3.63, 3.8) is 0 Å². The molecule has 1 heterocycles. The van der Waals surface area contributed by atoms with Crippen LogP contribution < -0.4 is 0 Å². The third-order valence-corrected chi connectivity index (χ3v) is 5.07. The predicted octanol–water partition coefficient (Wildman–Crippen LogP) is 5.78. The van der Waals surface area contributed by atoms with Gasteiger partial charge in [0.25, 0.3) is 0 Å². The number of rotatable bonds is 5. The molecule has 0 amide bonds. The van der Waals surface area contributed by atoms with Gasteiger partial charge in [0.05, 0.1) is 22.8 Å². The molecule has 0 spiro atoms. The largest absolute Gasteiger partial charge is 0.387 e. The zero-order valence-corrected chi connectivity index (χ0v) is 16.6. The Kier molecular flexibility index (Phi) is 5.84. The lowest BCUT2D eigenvalue weighted by Gasteiger charge is -2.11. The number of hydrogen-bond donors (Lipinski definition) is 0. The molecule has 1 aliphatic rings. The van der Waals surface area contributed by atoms with E-state index in [0.29, 0.717) is 16.5 Å². The number of hydrogen-bond acceptors (Lipinski definition) is 3. The SMILES string of the molecule is CCN(C)C=Nc1cc(C)c(C2=NOC(c3ccccc3Cl)C2)cc1Cl. The minimum atomic E-state index is -0.173. The van der Waals surface area contributed by atoms with Crippen molar-refractivity contribution < 1.29 is 4.84 Å². The molecule has 6 heteroatoms. The summed E-state index contributed by atoms with van der Waals surface area (Å²) in [7, 11) is 1.97. The zero-order chi connectivity index (χ0) is 18.7. The average Bonchev–Trinajstić information content (AvgIpc) is 3.11. The molecule has 0 radical (unpaired) electrons. The number of benzene rings is 2. The van der Waals surface area contributed by atoms with Gasteiger partial charge in [-0.2, -0.15) is 0 Å². The first-order valence-electron chi connectivity index (χ1n) is 8.51. The summed E-state index contributed by atoms with van der Waals surface area (Å²) in [6.45, 7) is 4.98. The Hall–Kier alpha value is -2.04. The Morgan fingerprint density at radius 2 is 2.04 bits per heavy atom. The minimum Gasteiger partial charge on any atom is -0.387 e. The first-order chi connectivity index (χ1) is 12.5. The van der Waals surface area contributed by atoms with E-state index < -0.39 is 0 Å². The van der Waals surface area contributed by atoms with Crippen LogP contribution in [0.25, 0.3) is 0 Å². The zero-order valence-electron chi connectivity index (χ0n) is 15.0. The molecule has 4 nitrogen and oxygen atoms in total. The lowest BCUT2D eigenvalue weighted by molar-refractivity contribution is 0.0858. The fourth-order valence-electron chi connectivity index (χ4n) is 2.76. The van der Waals surface area contributed by atoms with E-state index in [4.69, 9.17) is 28.0 Å². The number of halogens is 2. The van der Waals surface area contributed by atoms with E-state index in [0.717, 1.165) is 34.6 Å². The minimum absolute atomic E-state index is 0.173. The van der Waals surface area contributed by atoms with Crippen LogP contribution in [0.4, 0.5) is 5.69 Å². The van der Waals surface area contributed by atoms with Gasteiger partial charge in [0.15, 0.2) is 6.10 Å². The lowest BCUT2D eigenvalue weighted by atomic mass is 9.97. The van der Waals surface area contributed by atoms with Gasteiger partial charge in [-0.05, 0) is 37.6 Å². The summed E-state index contributed by atoms with van der Waals surface area (Å²) in [5.41, 5.74) is 4.60. The Balaban J connectivity index is 1.81. The molecule has 0 aliphatic carbocycles. The van der Waals surface area contributed by atoms with Crippen LogP contribution in [0.1, 0.15) is 36.1 Å². The van der Waals surface area contributed by atoms with Gasteiger partial charge in [-0.15, -0.1) is 0 Å². The molecule has 136 valence electrons. The van der Waals surface area contributed by atoms with E-state index in [-0.39, 0.29) is 6.10 Å². The molecule has 0 saturated heterocycles. The maximum Gasteiger partial charge on any atom is 0.159 e. The van der Waals surface area contributed by atoms with Crippen molar-refractivity contribution in [2.75, 3.05) is 13.6 Å². The first kappa shape index (κ1) is 18.7. The molecule has 0 N–H and O–H groups in total. The number of oxime groups is 1. The summed E-state index contributed by atoms with van der Waals surface area (Å²) in [6.07, 6.45) is 2.26. The molecule has 0 aromatic heterocycles.